The van der Waals surface area contributed by atoms with Crippen molar-refractivity contribution in [2.45, 2.75) is 19.9 Å². The molecule has 3 aromatic rings. The Kier molecular flexibility index (Phi) is 6.68. The standard InChI is InChI=1S/C23H17Cl3N2O4S/c1-3-32-22(31)18-11(2)27-23-28(19(18)14-6-4-5-7-15(14)25)21(30)17(33-23)9-12-8-13(24)10-16(26)20(12)29/h4-10,19,29H,3H2,1-2H3/b17-9-/t19-/m0/s1. The number of halogens is 3. The minimum atomic E-state index is -0.826. The zero-order valence-corrected chi connectivity index (χ0v) is 20.5. The highest BCUT2D eigenvalue weighted by Crippen LogP contribution is 2.35. The summed E-state index contributed by atoms with van der Waals surface area (Å²) in [6.45, 7) is 3.57. The normalized spacial score (nSPS) is 15.9. The SMILES string of the molecule is CCOC(=O)C1=C(C)N=c2s/c(=C\c3cc(Cl)cc(Cl)c3O)c(=O)n2[C@H]1c1ccccc1Cl. The van der Waals surface area contributed by atoms with E-state index in [1.807, 2.05) is 0 Å². The number of allylic oxidation sites excluding steroid dienone is 1. The number of thiazole rings is 1. The van der Waals surface area contributed by atoms with Crippen molar-refractivity contribution in [1.82, 2.24) is 4.57 Å². The topological polar surface area (TPSA) is 80.9 Å². The molecule has 2 aromatic carbocycles. The van der Waals surface area contributed by atoms with Crippen LogP contribution in [-0.4, -0.2) is 22.2 Å². The maximum atomic E-state index is 13.5. The molecule has 0 saturated carbocycles. The third-order valence-electron chi connectivity index (χ3n) is 5.06. The van der Waals surface area contributed by atoms with Crippen molar-refractivity contribution in [2.24, 2.45) is 4.99 Å². The van der Waals surface area contributed by atoms with Crippen LogP contribution in [0, 0.1) is 0 Å². The number of phenols is 1. The van der Waals surface area contributed by atoms with Crippen LogP contribution in [-0.2, 0) is 9.53 Å². The van der Waals surface area contributed by atoms with Gasteiger partial charge in [-0.25, -0.2) is 9.79 Å². The lowest BCUT2D eigenvalue weighted by molar-refractivity contribution is -0.139. The summed E-state index contributed by atoms with van der Waals surface area (Å²) in [7, 11) is 0. The second-order valence-corrected chi connectivity index (χ2v) is 9.41. The van der Waals surface area contributed by atoms with Gasteiger partial charge in [-0.2, -0.15) is 0 Å². The predicted octanol–water partition coefficient (Wildman–Crippen LogP) is 4.46. The van der Waals surface area contributed by atoms with Gasteiger partial charge in [-0.1, -0.05) is 64.3 Å². The van der Waals surface area contributed by atoms with E-state index >= 15 is 0 Å². The van der Waals surface area contributed by atoms with Crippen molar-refractivity contribution in [2.75, 3.05) is 6.61 Å². The van der Waals surface area contributed by atoms with Gasteiger partial charge in [0.25, 0.3) is 5.56 Å². The quantitative estimate of drug-likeness (QED) is 0.512. The van der Waals surface area contributed by atoms with Crippen LogP contribution in [0.15, 0.2) is 57.5 Å². The van der Waals surface area contributed by atoms with Crippen LogP contribution < -0.4 is 14.9 Å². The molecule has 1 N–H and O–H groups in total. The Balaban J connectivity index is 2.01. The van der Waals surface area contributed by atoms with Gasteiger partial charge in [-0.05, 0) is 43.7 Å². The fourth-order valence-electron chi connectivity index (χ4n) is 3.62. The highest BCUT2D eigenvalue weighted by molar-refractivity contribution is 7.07. The number of nitrogens with zero attached hydrogens (tertiary/aromatic N) is 2. The minimum absolute atomic E-state index is 0.0657. The highest BCUT2D eigenvalue weighted by atomic mass is 35.5. The summed E-state index contributed by atoms with van der Waals surface area (Å²) < 4.78 is 6.95. The maximum Gasteiger partial charge on any atom is 0.338 e. The number of aromatic hydroxyl groups is 1. The fraction of sp³-hybridized carbons (Fsp3) is 0.174. The van der Waals surface area contributed by atoms with E-state index in [-0.39, 0.29) is 33.0 Å². The summed E-state index contributed by atoms with van der Waals surface area (Å²) in [6.07, 6.45) is 1.49. The molecule has 10 heteroatoms. The number of carbonyl (C=O) groups excluding carboxylic acids is 1. The van der Waals surface area contributed by atoms with Gasteiger partial charge < -0.3 is 9.84 Å². The lowest BCUT2D eigenvalue weighted by atomic mass is 9.96. The van der Waals surface area contributed by atoms with E-state index in [0.29, 0.717) is 26.1 Å². The van der Waals surface area contributed by atoms with Gasteiger partial charge in [0.2, 0.25) is 0 Å². The van der Waals surface area contributed by atoms with Gasteiger partial charge in [0.1, 0.15) is 11.8 Å². The van der Waals surface area contributed by atoms with Crippen molar-refractivity contribution in [3.8, 4) is 5.75 Å². The number of hydrogen-bond donors (Lipinski definition) is 1. The molecular weight excluding hydrogens is 507 g/mol. The largest absolute Gasteiger partial charge is 0.506 e. The minimum Gasteiger partial charge on any atom is -0.506 e. The Morgan fingerprint density at radius 1 is 1.24 bits per heavy atom. The molecule has 0 aliphatic carbocycles. The molecule has 1 aliphatic heterocycles. The Bertz CT molecular complexity index is 1490. The zero-order valence-electron chi connectivity index (χ0n) is 17.4. The molecule has 33 heavy (non-hydrogen) atoms. The van der Waals surface area contributed by atoms with Crippen LogP contribution in [0.5, 0.6) is 5.75 Å². The number of rotatable bonds is 4. The number of phenolic OH excluding ortho intramolecular Hbond substituents is 1. The first kappa shape index (κ1) is 23.6. The molecule has 0 bridgehead atoms. The second-order valence-electron chi connectivity index (χ2n) is 7.15. The number of carbonyl (C=O) groups is 1. The van der Waals surface area contributed by atoms with Crippen LogP contribution >= 0.6 is 46.1 Å². The van der Waals surface area contributed by atoms with E-state index in [0.717, 1.165) is 11.3 Å². The summed E-state index contributed by atoms with van der Waals surface area (Å²) in [4.78, 5) is 31.3. The lowest BCUT2D eigenvalue weighted by Crippen LogP contribution is -2.40. The number of ether oxygens (including phenoxy) is 1. The highest BCUT2D eigenvalue weighted by Gasteiger charge is 2.34. The number of fused-ring (bicyclic) bond motifs is 1. The summed E-state index contributed by atoms with van der Waals surface area (Å²) in [5.41, 5.74) is 1.11. The van der Waals surface area contributed by atoms with Crippen molar-refractivity contribution in [1.29, 1.82) is 0 Å². The third-order valence-corrected chi connectivity index (χ3v) is 6.89. The summed E-state index contributed by atoms with van der Waals surface area (Å²) in [6, 6.07) is 9.07. The molecule has 4 rings (SSSR count). The van der Waals surface area contributed by atoms with E-state index in [2.05, 4.69) is 4.99 Å². The third kappa shape index (κ3) is 4.34. The Morgan fingerprint density at radius 3 is 2.67 bits per heavy atom. The van der Waals surface area contributed by atoms with E-state index in [9.17, 15) is 14.7 Å². The van der Waals surface area contributed by atoms with Crippen molar-refractivity contribution >= 4 is 58.2 Å². The molecule has 0 amide bonds. The smallest absolute Gasteiger partial charge is 0.338 e. The van der Waals surface area contributed by atoms with Gasteiger partial charge in [0.15, 0.2) is 4.80 Å². The van der Waals surface area contributed by atoms with Gasteiger partial charge in [0.05, 0.1) is 27.4 Å². The predicted molar refractivity (Wildman–Crippen MR) is 130 cm³/mol. The number of aromatic nitrogens is 1. The summed E-state index contributed by atoms with van der Waals surface area (Å²) in [5.74, 6) is -0.768. The van der Waals surface area contributed by atoms with Crippen LogP contribution in [0.4, 0.5) is 0 Å². The summed E-state index contributed by atoms with van der Waals surface area (Å²) >= 11 is 19.7. The van der Waals surface area contributed by atoms with E-state index < -0.39 is 17.6 Å². The molecule has 0 fully saturated rings. The van der Waals surface area contributed by atoms with Crippen molar-refractivity contribution in [3.63, 3.8) is 0 Å². The number of benzene rings is 2. The van der Waals surface area contributed by atoms with Crippen LogP contribution in [0.3, 0.4) is 0 Å². The number of hydrogen-bond acceptors (Lipinski definition) is 6. The second kappa shape index (κ2) is 9.35. The average molecular weight is 524 g/mol. The molecule has 0 radical (unpaired) electrons. The molecule has 0 spiro atoms. The molecule has 1 aromatic heterocycles. The van der Waals surface area contributed by atoms with Gasteiger partial charge >= 0.3 is 5.97 Å². The monoisotopic (exact) mass is 522 g/mol. The molecule has 170 valence electrons. The van der Waals surface area contributed by atoms with E-state index in [4.69, 9.17) is 39.5 Å². The molecule has 0 saturated heterocycles. The number of esters is 1. The molecular formula is C23H17Cl3N2O4S. The zero-order chi connectivity index (χ0) is 23.9. The summed E-state index contributed by atoms with van der Waals surface area (Å²) in [5, 5.41) is 11.1. The fourth-order valence-corrected chi connectivity index (χ4v) is 5.41. The van der Waals surface area contributed by atoms with Crippen LogP contribution in [0.1, 0.15) is 31.0 Å². The molecule has 2 heterocycles. The van der Waals surface area contributed by atoms with Crippen molar-refractivity contribution < 1.29 is 14.6 Å². The van der Waals surface area contributed by atoms with Crippen LogP contribution in [0.2, 0.25) is 15.1 Å². The van der Waals surface area contributed by atoms with Crippen molar-refractivity contribution in [3.05, 3.63) is 93.6 Å². The van der Waals surface area contributed by atoms with Gasteiger partial charge in [-0.3, -0.25) is 9.36 Å². The van der Waals surface area contributed by atoms with Crippen LogP contribution in [0.25, 0.3) is 6.08 Å². The first-order valence-electron chi connectivity index (χ1n) is 9.85. The molecule has 0 unspecified atom stereocenters. The first-order valence-corrected chi connectivity index (χ1v) is 11.8. The first-order chi connectivity index (χ1) is 15.7. The molecule has 1 aliphatic rings. The van der Waals surface area contributed by atoms with E-state index in [1.165, 1.54) is 22.8 Å². The maximum absolute atomic E-state index is 13.5. The Labute approximate surface area is 207 Å². The Hall–Kier alpha value is -2.58. The van der Waals surface area contributed by atoms with Gasteiger partial charge in [-0.15, -0.1) is 0 Å². The molecule has 1 atom stereocenters. The van der Waals surface area contributed by atoms with E-state index in [1.54, 1.807) is 38.1 Å². The lowest BCUT2D eigenvalue weighted by Gasteiger charge is -2.25. The van der Waals surface area contributed by atoms with Gasteiger partial charge in [0, 0.05) is 15.6 Å². The average Bonchev–Trinajstić information content (AvgIpc) is 3.06. The Morgan fingerprint density at radius 2 is 1.97 bits per heavy atom. The molecule has 6 nitrogen and oxygen atoms in total.